The van der Waals surface area contributed by atoms with Crippen molar-refractivity contribution in [2.24, 2.45) is 4.40 Å². The lowest BCUT2D eigenvalue weighted by Gasteiger charge is -2.04. The van der Waals surface area contributed by atoms with Gasteiger partial charge in [0.05, 0.1) is 5.60 Å². The van der Waals surface area contributed by atoms with E-state index in [-0.39, 0.29) is 0 Å². The van der Waals surface area contributed by atoms with E-state index in [0.717, 1.165) is 6.08 Å². The average molecular weight is 216 g/mol. The van der Waals surface area contributed by atoms with E-state index in [1.807, 2.05) is 0 Å². The van der Waals surface area contributed by atoms with Crippen LogP contribution in [0, 0.1) is 0 Å². The molecule has 0 aliphatic rings. The highest BCUT2D eigenvalue weighted by molar-refractivity contribution is 8.12. The number of hydrogen-bond donors (Lipinski definition) is 1. The standard InChI is InChI=1S/C4H10O.CClNO3S/c1-4(2,3)5;2-7(5,6)3-1-4/h5H,1-3H3;. The van der Waals surface area contributed by atoms with Crippen LogP contribution >= 0.6 is 10.7 Å². The number of hydrogen-bond acceptors (Lipinski definition) is 4. The Morgan fingerprint density at radius 1 is 1.42 bits per heavy atom. The smallest absolute Gasteiger partial charge is 0.350 e. The average Bonchev–Trinajstić information content (AvgIpc) is 1.54. The second-order valence-electron chi connectivity index (χ2n) is 2.77. The predicted octanol–water partition coefficient (Wildman–Crippen LogP) is 0.583. The first-order valence-corrected chi connectivity index (χ1v) is 5.09. The first-order chi connectivity index (χ1) is 5.06. The van der Waals surface area contributed by atoms with Gasteiger partial charge in [-0.05, 0) is 20.8 Å². The van der Waals surface area contributed by atoms with Crippen molar-refractivity contribution in [3.05, 3.63) is 0 Å². The number of halogens is 1. The van der Waals surface area contributed by atoms with Gasteiger partial charge in [-0.25, -0.2) is 4.79 Å². The minimum Gasteiger partial charge on any atom is -0.391 e. The Bertz CT molecular complexity index is 254. The van der Waals surface area contributed by atoms with E-state index in [1.165, 1.54) is 0 Å². The van der Waals surface area contributed by atoms with Crippen LogP contribution in [0.25, 0.3) is 0 Å². The van der Waals surface area contributed by atoms with Gasteiger partial charge in [-0.15, -0.1) is 0 Å². The summed E-state index contributed by atoms with van der Waals surface area (Å²) in [5, 5.41) is 8.52. The Hall–Kier alpha value is -0.420. The van der Waals surface area contributed by atoms with E-state index in [0.29, 0.717) is 0 Å². The highest BCUT2D eigenvalue weighted by atomic mass is 35.7. The molecule has 0 aliphatic heterocycles. The van der Waals surface area contributed by atoms with Crippen molar-refractivity contribution in [3.63, 3.8) is 0 Å². The van der Waals surface area contributed by atoms with Crippen LogP contribution in [0.4, 0.5) is 0 Å². The molecular formula is C5H10ClNO4S. The van der Waals surface area contributed by atoms with Crippen LogP contribution in [0.5, 0.6) is 0 Å². The van der Waals surface area contributed by atoms with Crippen LogP contribution in [0.2, 0.25) is 0 Å². The summed E-state index contributed by atoms with van der Waals surface area (Å²) in [5.41, 5.74) is -0.500. The van der Waals surface area contributed by atoms with E-state index in [4.69, 9.17) is 9.90 Å². The summed E-state index contributed by atoms with van der Waals surface area (Å²) in [5.74, 6) is 0. The third-order valence-electron chi connectivity index (χ3n) is 0.146. The Morgan fingerprint density at radius 2 is 1.67 bits per heavy atom. The van der Waals surface area contributed by atoms with Gasteiger partial charge in [0.1, 0.15) is 0 Å². The molecule has 5 nitrogen and oxygen atoms in total. The molecule has 0 aromatic heterocycles. The lowest BCUT2D eigenvalue weighted by atomic mass is 10.2. The Balaban J connectivity index is 0. The van der Waals surface area contributed by atoms with Crippen molar-refractivity contribution in [1.82, 2.24) is 0 Å². The van der Waals surface area contributed by atoms with Gasteiger partial charge in [0.25, 0.3) is 6.08 Å². The fourth-order valence-corrected chi connectivity index (χ4v) is 0.218. The van der Waals surface area contributed by atoms with Crippen LogP contribution in [-0.4, -0.2) is 25.2 Å². The van der Waals surface area contributed by atoms with Gasteiger partial charge < -0.3 is 5.11 Å². The summed E-state index contributed by atoms with van der Waals surface area (Å²) >= 11 is 0. The maximum atomic E-state index is 9.57. The summed E-state index contributed by atoms with van der Waals surface area (Å²) < 4.78 is 21.3. The molecule has 0 aromatic carbocycles. The summed E-state index contributed by atoms with van der Waals surface area (Å²) in [7, 11) is 0.376. The van der Waals surface area contributed by atoms with Crippen molar-refractivity contribution >= 4 is 26.0 Å². The summed E-state index contributed by atoms with van der Waals surface area (Å²) in [6, 6.07) is 0. The molecule has 7 heteroatoms. The van der Waals surface area contributed by atoms with Gasteiger partial charge in [-0.2, -0.15) is 8.42 Å². The molecule has 0 rings (SSSR count). The van der Waals surface area contributed by atoms with Crippen LogP contribution in [0.15, 0.2) is 4.40 Å². The number of isocyanates is 1. The third kappa shape index (κ3) is 55.0. The van der Waals surface area contributed by atoms with Gasteiger partial charge in [-0.1, -0.05) is 4.40 Å². The van der Waals surface area contributed by atoms with Crippen LogP contribution in [0.3, 0.4) is 0 Å². The molecular weight excluding hydrogens is 206 g/mol. The molecule has 0 radical (unpaired) electrons. The minimum absolute atomic E-state index is 0.500. The molecule has 0 bridgehead atoms. The van der Waals surface area contributed by atoms with Crippen LogP contribution in [-0.2, 0) is 14.0 Å². The molecule has 0 saturated heterocycles. The zero-order valence-electron chi connectivity index (χ0n) is 6.91. The quantitative estimate of drug-likeness (QED) is 0.394. The van der Waals surface area contributed by atoms with Crippen molar-refractivity contribution in [2.75, 3.05) is 0 Å². The Kier molecular flexibility index (Phi) is 6.20. The molecule has 0 unspecified atom stereocenters. The predicted molar refractivity (Wildman–Crippen MR) is 44.9 cm³/mol. The number of nitrogens with zero attached hydrogens (tertiary/aromatic N) is 1. The van der Waals surface area contributed by atoms with Crippen molar-refractivity contribution in [3.8, 4) is 0 Å². The molecule has 72 valence electrons. The second kappa shape index (κ2) is 5.27. The highest BCUT2D eigenvalue weighted by Gasteiger charge is 1.97. The summed E-state index contributed by atoms with van der Waals surface area (Å²) in [6.07, 6.45) is 0.763. The zero-order chi connectivity index (χ0) is 10.4. The third-order valence-corrected chi connectivity index (χ3v) is 0.646. The number of carbonyl (C=O) groups excluding carboxylic acids is 1. The number of aliphatic hydroxyl groups is 1. The summed E-state index contributed by atoms with van der Waals surface area (Å²) in [4.78, 5) is 9.07. The summed E-state index contributed by atoms with van der Waals surface area (Å²) in [6.45, 7) is 5.23. The largest absolute Gasteiger partial charge is 0.391 e. The first kappa shape index (κ1) is 14.1. The van der Waals surface area contributed by atoms with Gasteiger partial charge >= 0.3 is 9.24 Å². The second-order valence-corrected chi connectivity index (χ2v) is 4.94. The highest BCUT2D eigenvalue weighted by Crippen LogP contribution is 1.93. The SMILES string of the molecule is CC(C)(C)O.O=C=NS(=O)(=O)Cl. The topological polar surface area (TPSA) is 83.8 Å². The molecule has 0 amide bonds. The van der Waals surface area contributed by atoms with Crippen molar-refractivity contribution in [1.29, 1.82) is 0 Å². The fourth-order valence-electron chi connectivity index (χ4n) is 0.0445. The maximum absolute atomic E-state index is 9.57. The first-order valence-electron chi connectivity index (χ1n) is 2.82. The van der Waals surface area contributed by atoms with Gasteiger partial charge in [0.2, 0.25) is 0 Å². The minimum atomic E-state index is -4.00. The molecule has 12 heavy (non-hydrogen) atoms. The zero-order valence-corrected chi connectivity index (χ0v) is 8.48. The van der Waals surface area contributed by atoms with Crippen molar-refractivity contribution < 1.29 is 18.3 Å². The molecule has 1 N–H and O–H groups in total. The molecule has 0 saturated carbocycles. The molecule has 0 aromatic rings. The lowest BCUT2D eigenvalue weighted by molar-refractivity contribution is 0.102. The van der Waals surface area contributed by atoms with Crippen LogP contribution in [0.1, 0.15) is 20.8 Å². The lowest BCUT2D eigenvalue weighted by Crippen LogP contribution is -2.10. The van der Waals surface area contributed by atoms with Crippen LogP contribution < -0.4 is 0 Å². The molecule has 0 atom stereocenters. The Labute approximate surface area is 75.6 Å². The normalized spacial score (nSPS) is 10.8. The molecule has 0 heterocycles. The van der Waals surface area contributed by atoms with E-state index >= 15 is 0 Å². The van der Waals surface area contributed by atoms with Gasteiger partial charge in [0, 0.05) is 10.7 Å². The Morgan fingerprint density at radius 3 is 1.67 bits per heavy atom. The van der Waals surface area contributed by atoms with E-state index in [1.54, 1.807) is 20.8 Å². The van der Waals surface area contributed by atoms with Crippen molar-refractivity contribution in [2.45, 2.75) is 26.4 Å². The fraction of sp³-hybridized carbons (Fsp3) is 0.800. The van der Waals surface area contributed by atoms with E-state index in [2.05, 4.69) is 15.1 Å². The van der Waals surface area contributed by atoms with E-state index < -0.39 is 14.8 Å². The van der Waals surface area contributed by atoms with Gasteiger partial charge in [-0.3, -0.25) is 0 Å². The molecule has 0 spiro atoms. The maximum Gasteiger partial charge on any atom is 0.350 e. The van der Waals surface area contributed by atoms with Gasteiger partial charge in [0.15, 0.2) is 0 Å². The molecule has 0 fully saturated rings. The monoisotopic (exact) mass is 215 g/mol. The number of rotatable bonds is 1. The molecule has 0 aliphatic carbocycles. The van der Waals surface area contributed by atoms with E-state index in [9.17, 15) is 8.42 Å².